The van der Waals surface area contributed by atoms with E-state index < -0.39 is 35.8 Å². The van der Waals surface area contributed by atoms with Crippen LogP contribution in [0.3, 0.4) is 0 Å². The molecule has 2 aromatic carbocycles. The first-order valence-corrected chi connectivity index (χ1v) is 15.2. The number of nitrogens with one attached hydrogen (secondary N) is 4. The van der Waals surface area contributed by atoms with Crippen molar-refractivity contribution in [2.24, 2.45) is 22.9 Å². The van der Waals surface area contributed by atoms with Crippen molar-refractivity contribution in [1.82, 2.24) is 21.3 Å². The number of fused-ring (bicyclic) bond motifs is 5. The number of hydrogen-bond donors (Lipinski definition) is 10. The number of hydrogen-bond acceptors (Lipinski definition) is 10. The van der Waals surface area contributed by atoms with Gasteiger partial charge in [-0.05, 0) is 85.3 Å². The van der Waals surface area contributed by atoms with Gasteiger partial charge in [0, 0.05) is 38.4 Å². The molecule has 286 valence electrons. The van der Waals surface area contributed by atoms with E-state index in [2.05, 4.69) is 21.3 Å². The van der Waals surface area contributed by atoms with Gasteiger partial charge in [-0.3, -0.25) is 19.2 Å². The molecular weight excluding hydrogens is 758 g/mol. The number of phenolic OH excluding ortho intramolecular Hbond substituents is 2. The molecule has 0 saturated carbocycles. The molecule has 4 amide bonds. The highest BCUT2D eigenvalue weighted by atomic mass is 35.5. The van der Waals surface area contributed by atoms with E-state index >= 15 is 0 Å². The number of benzene rings is 2. The second kappa shape index (κ2) is 26.1. The molecule has 0 saturated heterocycles. The van der Waals surface area contributed by atoms with Gasteiger partial charge in [0.25, 0.3) is 0 Å². The summed E-state index contributed by atoms with van der Waals surface area (Å²) in [4.78, 5) is 52.2. The summed E-state index contributed by atoms with van der Waals surface area (Å²) in [5.74, 6) is -2.26. The standard InChI is InChI=1S/C31H46N8O6.5ClH/c32-10-1-3-22(34)17-37-28(42)9-12-36-30(44)25-16-21-14-19(6-8-27(21)41)18-5-7-26(40)20(13-18)15-23(35)29(43)38-24(4-2-11-33)31(45)39-25;;;;;/h5-8,13-14,22-25,40-41H,1-4,9-12,15-17,32-35H2,(H,36,44)(H,37,42)(H,38,43)(H,39,45);5*1H/t22-,23-,24-,25-;;;;;/m0...../s1. The minimum atomic E-state index is -1.17. The summed E-state index contributed by atoms with van der Waals surface area (Å²) in [5.41, 5.74) is 25.5. The van der Waals surface area contributed by atoms with Gasteiger partial charge in [-0.15, -0.1) is 62.0 Å². The van der Waals surface area contributed by atoms with Crippen molar-refractivity contribution in [3.63, 3.8) is 0 Å². The number of halogens is 5. The third-order valence-corrected chi connectivity index (χ3v) is 7.65. The quantitative estimate of drug-likeness (QED) is 0.144. The Hall–Kier alpha value is -2.79. The predicted molar refractivity (Wildman–Crippen MR) is 206 cm³/mol. The number of nitrogens with two attached hydrogens (primary N) is 4. The third kappa shape index (κ3) is 16.0. The highest BCUT2D eigenvalue weighted by Gasteiger charge is 2.29. The first-order chi connectivity index (χ1) is 21.5. The van der Waals surface area contributed by atoms with E-state index in [4.69, 9.17) is 22.9 Å². The van der Waals surface area contributed by atoms with Crippen molar-refractivity contribution in [2.75, 3.05) is 26.2 Å². The van der Waals surface area contributed by atoms with Crippen LogP contribution in [-0.4, -0.2) is 84.2 Å². The van der Waals surface area contributed by atoms with Crippen molar-refractivity contribution in [1.29, 1.82) is 0 Å². The molecule has 14 N–H and O–H groups in total. The van der Waals surface area contributed by atoms with Gasteiger partial charge in [0.05, 0.1) is 6.04 Å². The summed E-state index contributed by atoms with van der Waals surface area (Å²) in [5, 5.41) is 31.9. The van der Waals surface area contributed by atoms with Crippen LogP contribution >= 0.6 is 62.0 Å². The maximum absolute atomic E-state index is 13.5. The summed E-state index contributed by atoms with van der Waals surface area (Å²) >= 11 is 0. The Balaban J connectivity index is -0.00000442. The summed E-state index contributed by atoms with van der Waals surface area (Å²) < 4.78 is 0. The highest BCUT2D eigenvalue weighted by Crippen LogP contribution is 2.30. The third-order valence-electron chi connectivity index (χ3n) is 7.65. The van der Waals surface area contributed by atoms with Crippen LogP contribution in [0, 0.1) is 0 Å². The Labute approximate surface area is 323 Å². The molecule has 0 unspecified atom stereocenters. The molecule has 14 nitrogen and oxygen atoms in total. The summed E-state index contributed by atoms with van der Waals surface area (Å²) in [7, 11) is 0. The molecule has 1 aliphatic rings. The normalized spacial score (nSPS) is 17.4. The Morgan fingerprint density at radius 3 is 1.94 bits per heavy atom. The Morgan fingerprint density at radius 2 is 1.38 bits per heavy atom. The summed E-state index contributed by atoms with van der Waals surface area (Å²) in [6, 6.07) is 6.20. The molecule has 1 aliphatic heterocycles. The van der Waals surface area contributed by atoms with Crippen molar-refractivity contribution in [3.05, 3.63) is 47.5 Å². The van der Waals surface area contributed by atoms with E-state index in [0.717, 1.165) is 6.42 Å². The molecule has 1 heterocycles. The average Bonchev–Trinajstić information content (AvgIpc) is 3.02. The lowest BCUT2D eigenvalue weighted by Gasteiger charge is -2.24. The Morgan fingerprint density at radius 1 is 0.820 bits per heavy atom. The molecular formula is C31H51Cl5N8O6. The van der Waals surface area contributed by atoms with Crippen molar-refractivity contribution < 1.29 is 29.4 Å². The van der Waals surface area contributed by atoms with E-state index in [-0.39, 0.29) is 131 Å². The number of carbonyl (C=O) groups is 4. The zero-order valence-corrected chi connectivity index (χ0v) is 31.5. The van der Waals surface area contributed by atoms with Gasteiger partial charge in [-0.1, -0.05) is 12.1 Å². The maximum atomic E-state index is 13.5. The number of carbonyl (C=O) groups excluding carboxylic acids is 4. The van der Waals surface area contributed by atoms with Crippen LogP contribution in [-0.2, 0) is 32.0 Å². The van der Waals surface area contributed by atoms with Crippen LogP contribution in [0.1, 0.15) is 43.2 Å². The van der Waals surface area contributed by atoms with Gasteiger partial charge < -0.3 is 54.4 Å². The second-order valence-corrected chi connectivity index (χ2v) is 11.3. The average molecular weight is 809 g/mol. The minimum Gasteiger partial charge on any atom is -0.508 e. The van der Waals surface area contributed by atoms with Gasteiger partial charge in [-0.2, -0.15) is 0 Å². The van der Waals surface area contributed by atoms with Crippen LogP contribution < -0.4 is 44.2 Å². The molecule has 0 aliphatic carbocycles. The largest absolute Gasteiger partial charge is 0.508 e. The van der Waals surface area contributed by atoms with Gasteiger partial charge in [-0.25, -0.2) is 0 Å². The van der Waals surface area contributed by atoms with Gasteiger partial charge in [0.1, 0.15) is 23.6 Å². The number of aromatic hydroxyl groups is 2. The molecule has 2 aromatic rings. The predicted octanol–water partition coefficient (Wildman–Crippen LogP) is 0.697. The van der Waals surface area contributed by atoms with Gasteiger partial charge in [0.2, 0.25) is 23.6 Å². The fourth-order valence-electron chi connectivity index (χ4n) is 5.00. The summed E-state index contributed by atoms with van der Waals surface area (Å²) in [6.07, 6.45) is 1.90. The van der Waals surface area contributed by atoms with Crippen molar-refractivity contribution in [3.8, 4) is 22.6 Å². The molecule has 50 heavy (non-hydrogen) atoms. The second-order valence-electron chi connectivity index (χ2n) is 11.3. The van der Waals surface area contributed by atoms with E-state index in [1.54, 1.807) is 24.3 Å². The van der Waals surface area contributed by atoms with E-state index in [1.165, 1.54) is 12.1 Å². The van der Waals surface area contributed by atoms with Crippen LogP contribution in [0.15, 0.2) is 36.4 Å². The van der Waals surface area contributed by atoms with Crippen molar-refractivity contribution >= 4 is 85.7 Å². The first-order valence-electron chi connectivity index (χ1n) is 15.2. The minimum absolute atomic E-state index is 0. The molecule has 19 heteroatoms. The fraction of sp³-hybridized carbons (Fsp3) is 0.484. The zero-order chi connectivity index (χ0) is 32.9. The van der Waals surface area contributed by atoms with E-state index in [9.17, 15) is 29.4 Å². The Kier molecular flexibility index (Phi) is 26.9. The molecule has 3 rings (SSSR count). The molecule has 0 radical (unpaired) electrons. The first kappa shape index (κ1) is 51.6. The molecule has 4 bridgehead atoms. The number of rotatable bonds is 12. The summed E-state index contributed by atoms with van der Waals surface area (Å²) in [6.45, 7) is 1.04. The number of amides is 4. The Bertz CT molecular complexity index is 1360. The highest BCUT2D eigenvalue weighted by molar-refractivity contribution is 5.93. The molecule has 0 aromatic heterocycles. The van der Waals surface area contributed by atoms with Crippen molar-refractivity contribution in [2.45, 2.75) is 69.1 Å². The van der Waals surface area contributed by atoms with E-state index in [0.29, 0.717) is 41.6 Å². The van der Waals surface area contributed by atoms with Crippen LogP contribution in [0.5, 0.6) is 11.5 Å². The lowest BCUT2D eigenvalue weighted by atomic mass is 9.95. The topological polar surface area (TPSA) is 261 Å². The monoisotopic (exact) mass is 806 g/mol. The molecule has 0 spiro atoms. The molecule has 0 fully saturated rings. The van der Waals surface area contributed by atoms with Crippen LogP contribution in [0.2, 0.25) is 0 Å². The lowest BCUT2D eigenvalue weighted by molar-refractivity contribution is -0.132. The maximum Gasteiger partial charge on any atom is 0.243 e. The smallest absolute Gasteiger partial charge is 0.243 e. The van der Waals surface area contributed by atoms with Crippen LogP contribution in [0.25, 0.3) is 11.1 Å². The number of phenols is 2. The SMILES string of the molecule is Cl.Cl.Cl.Cl.Cl.NCCC[C@H](N)CNC(=O)CCNC(=O)[C@@H]1Cc2cc(ccc2O)-c2ccc(O)c(c2)C[C@H](N)C(=O)N[C@@H](CCCN)C(=O)N1. The van der Waals surface area contributed by atoms with E-state index in [1.807, 2.05) is 0 Å². The van der Waals surface area contributed by atoms with Gasteiger partial charge in [0.15, 0.2) is 0 Å². The van der Waals surface area contributed by atoms with Crippen LogP contribution in [0.4, 0.5) is 0 Å². The molecule has 4 atom stereocenters. The zero-order valence-electron chi connectivity index (χ0n) is 27.4. The van der Waals surface area contributed by atoms with Gasteiger partial charge >= 0.3 is 0 Å². The fourth-order valence-corrected chi connectivity index (χ4v) is 5.00. The lowest BCUT2D eigenvalue weighted by Crippen LogP contribution is -2.56.